The van der Waals surface area contributed by atoms with Crippen LogP contribution in [0.3, 0.4) is 0 Å². The van der Waals surface area contributed by atoms with E-state index in [0.717, 1.165) is 12.8 Å². The van der Waals surface area contributed by atoms with Crippen LogP contribution in [0.4, 0.5) is 11.4 Å². The molecule has 1 amide bonds. The normalized spacial score (nSPS) is 20.4. The molecule has 2 heterocycles. The predicted molar refractivity (Wildman–Crippen MR) is 86.2 cm³/mol. The Morgan fingerprint density at radius 2 is 1.92 bits per heavy atom. The monoisotopic (exact) mass is 333 g/mol. The maximum Gasteiger partial charge on any atom is 0.308 e. The third-order valence-electron chi connectivity index (χ3n) is 4.70. The molecule has 0 aliphatic carbocycles. The predicted octanol–water partition coefficient (Wildman–Crippen LogP) is 1.74. The molecule has 128 valence electrons. The molecule has 8 nitrogen and oxygen atoms in total. The maximum atomic E-state index is 12.6. The van der Waals surface area contributed by atoms with Crippen LogP contribution in [0.1, 0.15) is 29.6 Å². The maximum absolute atomic E-state index is 12.6. The lowest BCUT2D eigenvalue weighted by atomic mass is 10.1. The van der Waals surface area contributed by atoms with Gasteiger partial charge in [0, 0.05) is 37.9 Å². The highest BCUT2D eigenvalue weighted by Crippen LogP contribution is 2.30. The minimum Gasteiger partial charge on any atom is -0.481 e. The average molecular weight is 333 g/mol. The van der Waals surface area contributed by atoms with Crippen LogP contribution in [0, 0.1) is 16.0 Å². The van der Waals surface area contributed by atoms with Crippen LogP contribution >= 0.6 is 0 Å². The van der Waals surface area contributed by atoms with Gasteiger partial charge in [0.2, 0.25) is 0 Å². The average Bonchev–Trinajstić information content (AvgIpc) is 3.25. The molecule has 1 atom stereocenters. The second kappa shape index (κ2) is 6.46. The second-order valence-electron chi connectivity index (χ2n) is 6.23. The van der Waals surface area contributed by atoms with E-state index < -0.39 is 16.8 Å². The number of aliphatic carboxylic acids is 1. The standard InChI is InChI=1S/C16H19N3O5/c20-15(17-6-1-2-7-17)13-9-12(3-4-14(13)19(23)24)18-8-5-11(10-18)16(21)22/h3-4,9,11H,1-2,5-8,10H2,(H,21,22). The topological polar surface area (TPSA) is 104 Å². The minimum atomic E-state index is -0.840. The van der Waals surface area contributed by atoms with Crippen LogP contribution in [-0.4, -0.2) is 53.0 Å². The largest absolute Gasteiger partial charge is 0.481 e. The first-order chi connectivity index (χ1) is 11.5. The molecule has 1 aromatic rings. The molecule has 3 rings (SSSR count). The molecular formula is C16H19N3O5. The van der Waals surface area contributed by atoms with Crippen LogP contribution in [0.5, 0.6) is 0 Å². The van der Waals surface area contributed by atoms with Crippen molar-refractivity contribution in [3.05, 3.63) is 33.9 Å². The summed E-state index contributed by atoms with van der Waals surface area (Å²) in [6.07, 6.45) is 2.35. The van der Waals surface area contributed by atoms with E-state index in [9.17, 15) is 19.7 Å². The first kappa shape index (κ1) is 16.2. The summed E-state index contributed by atoms with van der Waals surface area (Å²) in [4.78, 5) is 37.9. The van der Waals surface area contributed by atoms with E-state index in [4.69, 9.17) is 5.11 Å². The summed E-state index contributed by atoms with van der Waals surface area (Å²) >= 11 is 0. The van der Waals surface area contributed by atoms with E-state index in [1.807, 2.05) is 4.90 Å². The van der Waals surface area contributed by atoms with Gasteiger partial charge in [-0.2, -0.15) is 0 Å². The molecule has 8 heteroatoms. The highest BCUT2D eigenvalue weighted by Gasteiger charge is 2.31. The highest BCUT2D eigenvalue weighted by molar-refractivity contribution is 5.99. The number of nitro benzene ring substituents is 1. The molecule has 0 radical (unpaired) electrons. The number of nitro groups is 1. The Morgan fingerprint density at radius 3 is 2.50 bits per heavy atom. The Hall–Kier alpha value is -2.64. The highest BCUT2D eigenvalue weighted by atomic mass is 16.6. The van der Waals surface area contributed by atoms with Gasteiger partial charge in [0.15, 0.2) is 0 Å². The van der Waals surface area contributed by atoms with Gasteiger partial charge >= 0.3 is 5.97 Å². The van der Waals surface area contributed by atoms with Crippen molar-refractivity contribution in [3.8, 4) is 0 Å². The van der Waals surface area contributed by atoms with Crippen molar-refractivity contribution in [2.75, 3.05) is 31.1 Å². The lowest BCUT2D eigenvalue weighted by molar-refractivity contribution is -0.385. The third kappa shape index (κ3) is 3.04. The molecule has 2 fully saturated rings. The number of rotatable bonds is 4. The van der Waals surface area contributed by atoms with Gasteiger partial charge in [-0.1, -0.05) is 0 Å². The fraction of sp³-hybridized carbons (Fsp3) is 0.500. The van der Waals surface area contributed by atoms with Crippen LogP contribution in [0.25, 0.3) is 0 Å². The number of nitrogens with zero attached hydrogens (tertiary/aromatic N) is 3. The lowest BCUT2D eigenvalue weighted by Crippen LogP contribution is -2.29. The van der Waals surface area contributed by atoms with Crippen molar-refractivity contribution in [3.63, 3.8) is 0 Å². The quantitative estimate of drug-likeness (QED) is 0.665. The summed E-state index contributed by atoms with van der Waals surface area (Å²) in [6.45, 7) is 2.15. The summed E-state index contributed by atoms with van der Waals surface area (Å²) in [5, 5.41) is 20.4. The van der Waals surface area contributed by atoms with Crippen molar-refractivity contribution < 1.29 is 19.6 Å². The van der Waals surface area contributed by atoms with Gasteiger partial charge in [-0.15, -0.1) is 0 Å². The minimum absolute atomic E-state index is 0.0816. The summed E-state index contributed by atoms with van der Waals surface area (Å²) < 4.78 is 0. The van der Waals surface area contributed by atoms with Crippen molar-refractivity contribution in [1.82, 2.24) is 4.90 Å². The summed E-state index contributed by atoms with van der Waals surface area (Å²) in [5.74, 6) is -1.61. The lowest BCUT2D eigenvalue weighted by Gasteiger charge is -2.20. The molecule has 1 N–H and O–H groups in total. The number of likely N-dealkylation sites (tertiary alicyclic amines) is 1. The fourth-order valence-corrected chi connectivity index (χ4v) is 3.34. The van der Waals surface area contributed by atoms with E-state index in [-0.39, 0.29) is 17.2 Å². The van der Waals surface area contributed by atoms with E-state index in [2.05, 4.69) is 0 Å². The fourth-order valence-electron chi connectivity index (χ4n) is 3.34. The zero-order chi connectivity index (χ0) is 17.3. The molecular weight excluding hydrogens is 314 g/mol. The van der Waals surface area contributed by atoms with E-state index >= 15 is 0 Å². The Labute approximate surface area is 138 Å². The molecule has 1 unspecified atom stereocenters. The van der Waals surface area contributed by atoms with Crippen LogP contribution < -0.4 is 4.90 Å². The van der Waals surface area contributed by atoms with Gasteiger partial charge in [-0.3, -0.25) is 19.7 Å². The van der Waals surface area contributed by atoms with Crippen LogP contribution in [0.15, 0.2) is 18.2 Å². The Morgan fingerprint density at radius 1 is 1.21 bits per heavy atom. The Kier molecular flexibility index (Phi) is 4.37. The number of anilines is 1. The number of benzene rings is 1. The number of carbonyl (C=O) groups excluding carboxylic acids is 1. The van der Waals surface area contributed by atoms with E-state index in [0.29, 0.717) is 38.3 Å². The number of carboxylic acid groups (broad SMARTS) is 1. The molecule has 0 saturated carbocycles. The molecule has 2 saturated heterocycles. The number of amides is 1. The van der Waals surface area contributed by atoms with Gasteiger partial charge in [-0.25, -0.2) is 0 Å². The van der Waals surface area contributed by atoms with Crippen molar-refractivity contribution >= 4 is 23.3 Å². The molecule has 2 aliphatic rings. The zero-order valence-corrected chi connectivity index (χ0v) is 13.2. The molecule has 0 aromatic heterocycles. The molecule has 2 aliphatic heterocycles. The smallest absolute Gasteiger partial charge is 0.308 e. The van der Waals surface area contributed by atoms with E-state index in [1.165, 1.54) is 12.1 Å². The third-order valence-corrected chi connectivity index (χ3v) is 4.70. The molecule has 24 heavy (non-hydrogen) atoms. The SMILES string of the molecule is O=C(O)C1CCN(c2ccc([N+](=O)[O-])c(C(=O)N3CCCC3)c2)C1. The number of carboxylic acids is 1. The van der Waals surface area contributed by atoms with Crippen molar-refractivity contribution in [2.24, 2.45) is 5.92 Å². The second-order valence-corrected chi connectivity index (χ2v) is 6.23. The van der Waals surface area contributed by atoms with Gasteiger partial charge in [0.1, 0.15) is 5.56 Å². The van der Waals surface area contributed by atoms with Gasteiger partial charge in [-0.05, 0) is 31.4 Å². The Bertz CT molecular complexity index is 684. The first-order valence-corrected chi connectivity index (χ1v) is 8.03. The number of hydrogen-bond donors (Lipinski definition) is 1. The van der Waals surface area contributed by atoms with E-state index in [1.54, 1.807) is 11.0 Å². The molecule has 0 spiro atoms. The van der Waals surface area contributed by atoms with Gasteiger partial charge in [0.05, 0.1) is 10.8 Å². The number of carbonyl (C=O) groups is 2. The Balaban J connectivity index is 1.90. The summed E-state index contributed by atoms with van der Waals surface area (Å²) in [6, 6.07) is 4.46. The summed E-state index contributed by atoms with van der Waals surface area (Å²) in [5.41, 5.74) is 0.537. The first-order valence-electron chi connectivity index (χ1n) is 8.03. The summed E-state index contributed by atoms with van der Waals surface area (Å²) in [7, 11) is 0. The van der Waals surface area contributed by atoms with Crippen LogP contribution in [-0.2, 0) is 4.79 Å². The molecule has 0 bridgehead atoms. The molecule has 1 aromatic carbocycles. The van der Waals surface area contributed by atoms with Gasteiger partial charge < -0.3 is 14.9 Å². The van der Waals surface area contributed by atoms with Gasteiger partial charge in [0.25, 0.3) is 11.6 Å². The number of hydrogen-bond acceptors (Lipinski definition) is 5. The van der Waals surface area contributed by atoms with Crippen molar-refractivity contribution in [1.29, 1.82) is 0 Å². The van der Waals surface area contributed by atoms with Crippen LogP contribution in [0.2, 0.25) is 0 Å². The zero-order valence-electron chi connectivity index (χ0n) is 13.2. The van der Waals surface area contributed by atoms with Crippen molar-refractivity contribution in [2.45, 2.75) is 19.3 Å².